The molecule has 1 heterocycles. The average Bonchev–Trinajstić information content (AvgIpc) is 2.50. The largest absolute Gasteiger partial charge is 0.350 e. The van der Waals surface area contributed by atoms with Gasteiger partial charge in [-0.1, -0.05) is 12.1 Å². The first-order chi connectivity index (χ1) is 10.5. The topological polar surface area (TPSA) is 71.1 Å². The lowest BCUT2D eigenvalue weighted by Crippen LogP contribution is -2.28. The Bertz CT molecular complexity index is 669. The average molecular weight is 297 g/mol. The van der Waals surface area contributed by atoms with E-state index in [-0.39, 0.29) is 18.2 Å². The first-order valence-electron chi connectivity index (χ1n) is 7.08. The van der Waals surface area contributed by atoms with Crippen LogP contribution in [0, 0.1) is 13.8 Å². The highest BCUT2D eigenvalue weighted by atomic mass is 16.2. The number of nitrogens with one attached hydrogen (secondary N) is 2. The molecule has 0 atom stereocenters. The van der Waals surface area contributed by atoms with Crippen molar-refractivity contribution in [1.29, 1.82) is 0 Å². The minimum Gasteiger partial charge on any atom is -0.350 e. The summed E-state index contributed by atoms with van der Waals surface area (Å²) >= 11 is 0. The van der Waals surface area contributed by atoms with Crippen LogP contribution in [0.4, 0.5) is 5.69 Å². The van der Waals surface area contributed by atoms with E-state index in [9.17, 15) is 9.59 Å². The maximum absolute atomic E-state index is 11.8. The van der Waals surface area contributed by atoms with Gasteiger partial charge in [-0.2, -0.15) is 0 Å². The molecule has 22 heavy (non-hydrogen) atoms. The number of anilines is 1. The van der Waals surface area contributed by atoms with Gasteiger partial charge in [0.1, 0.15) is 6.42 Å². The monoisotopic (exact) mass is 297 g/mol. The predicted octanol–water partition coefficient (Wildman–Crippen LogP) is 2.34. The van der Waals surface area contributed by atoms with E-state index >= 15 is 0 Å². The Kier molecular flexibility index (Phi) is 5.25. The normalized spacial score (nSPS) is 10.1. The highest BCUT2D eigenvalue weighted by molar-refractivity contribution is 6.03. The lowest BCUT2D eigenvalue weighted by atomic mass is 10.1. The fourth-order valence-electron chi connectivity index (χ4n) is 1.92. The molecule has 114 valence electrons. The standard InChI is InChI=1S/C17H19N3O2/c1-12-6-7-14(9-13(12)2)20-17(22)10-16(21)19-11-15-5-3-4-8-18-15/h3-9H,10-11H2,1-2H3,(H,19,21)(H,20,22). The van der Waals surface area contributed by atoms with Crippen molar-refractivity contribution in [3.8, 4) is 0 Å². The molecule has 0 aliphatic carbocycles. The van der Waals surface area contributed by atoms with E-state index < -0.39 is 0 Å². The van der Waals surface area contributed by atoms with Gasteiger partial charge in [0, 0.05) is 11.9 Å². The molecule has 5 heteroatoms. The molecule has 0 fully saturated rings. The molecule has 0 unspecified atom stereocenters. The van der Waals surface area contributed by atoms with E-state index in [4.69, 9.17) is 0 Å². The second-order valence-corrected chi connectivity index (χ2v) is 5.12. The Hall–Kier alpha value is -2.69. The summed E-state index contributed by atoms with van der Waals surface area (Å²) in [6, 6.07) is 11.1. The molecule has 0 bridgehead atoms. The zero-order valence-corrected chi connectivity index (χ0v) is 12.7. The summed E-state index contributed by atoms with van der Waals surface area (Å²) < 4.78 is 0. The van der Waals surface area contributed by atoms with Crippen LogP contribution in [0.3, 0.4) is 0 Å². The van der Waals surface area contributed by atoms with E-state index in [1.165, 1.54) is 0 Å². The van der Waals surface area contributed by atoms with Crippen molar-refractivity contribution in [1.82, 2.24) is 10.3 Å². The zero-order valence-electron chi connectivity index (χ0n) is 12.7. The number of aromatic nitrogens is 1. The van der Waals surface area contributed by atoms with Crippen LogP contribution in [-0.2, 0) is 16.1 Å². The van der Waals surface area contributed by atoms with Crippen LogP contribution in [0.15, 0.2) is 42.6 Å². The number of hydrogen-bond donors (Lipinski definition) is 2. The maximum Gasteiger partial charge on any atom is 0.233 e. The lowest BCUT2D eigenvalue weighted by molar-refractivity contribution is -0.126. The number of carbonyl (C=O) groups excluding carboxylic acids is 2. The van der Waals surface area contributed by atoms with Crippen LogP contribution in [0.25, 0.3) is 0 Å². The molecule has 2 amide bonds. The van der Waals surface area contributed by atoms with Gasteiger partial charge in [0.2, 0.25) is 11.8 Å². The van der Waals surface area contributed by atoms with Gasteiger partial charge >= 0.3 is 0 Å². The third-order valence-electron chi connectivity index (χ3n) is 3.30. The van der Waals surface area contributed by atoms with Crippen LogP contribution in [-0.4, -0.2) is 16.8 Å². The minimum atomic E-state index is -0.332. The Balaban J connectivity index is 1.81. The molecule has 2 N–H and O–H groups in total. The number of pyridine rings is 1. The molecule has 0 radical (unpaired) electrons. The Labute approximate surface area is 129 Å². The van der Waals surface area contributed by atoms with Gasteiger partial charge < -0.3 is 10.6 Å². The number of aryl methyl sites for hydroxylation is 2. The van der Waals surface area contributed by atoms with Crippen LogP contribution < -0.4 is 10.6 Å². The number of amides is 2. The summed E-state index contributed by atoms with van der Waals surface area (Å²) in [6.45, 7) is 4.30. The molecule has 2 rings (SSSR count). The lowest BCUT2D eigenvalue weighted by Gasteiger charge is -2.08. The number of hydrogen-bond acceptors (Lipinski definition) is 3. The van der Waals surface area contributed by atoms with Gasteiger partial charge in [0.25, 0.3) is 0 Å². The number of benzene rings is 1. The molecule has 0 spiro atoms. The molecule has 0 aliphatic heterocycles. The molecule has 2 aromatic rings. The van der Waals surface area contributed by atoms with Gasteiger partial charge in [-0.25, -0.2) is 0 Å². The van der Waals surface area contributed by atoms with Crippen LogP contribution in [0.5, 0.6) is 0 Å². The fourth-order valence-corrected chi connectivity index (χ4v) is 1.92. The smallest absolute Gasteiger partial charge is 0.233 e. The molecule has 1 aromatic heterocycles. The predicted molar refractivity (Wildman–Crippen MR) is 85.2 cm³/mol. The Morgan fingerprint density at radius 3 is 2.55 bits per heavy atom. The first-order valence-corrected chi connectivity index (χ1v) is 7.08. The number of carbonyl (C=O) groups is 2. The van der Waals surface area contributed by atoms with Gasteiger partial charge in [0.05, 0.1) is 12.2 Å². The summed E-state index contributed by atoms with van der Waals surface area (Å²) in [4.78, 5) is 27.7. The van der Waals surface area contributed by atoms with Crippen molar-refractivity contribution >= 4 is 17.5 Å². The van der Waals surface area contributed by atoms with Gasteiger partial charge in [-0.3, -0.25) is 14.6 Å². The molecule has 1 aromatic carbocycles. The third-order valence-corrected chi connectivity index (χ3v) is 3.30. The molecular formula is C17H19N3O2. The van der Waals surface area contributed by atoms with Crippen LogP contribution in [0.2, 0.25) is 0 Å². The summed E-state index contributed by atoms with van der Waals surface area (Å²) in [5, 5.41) is 5.40. The van der Waals surface area contributed by atoms with Gasteiger partial charge in [0.15, 0.2) is 0 Å². The van der Waals surface area contributed by atoms with Crippen molar-refractivity contribution < 1.29 is 9.59 Å². The van der Waals surface area contributed by atoms with Crippen molar-refractivity contribution in [3.05, 3.63) is 59.4 Å². The van der Waals surface area contributed by atoms with Gasteiger partial charge in [-0.05, 0) is 49.2 Å². The quantitative estimate of drug-likeness (QED) is 0.832. The summed E-state index contributed by atoms with van der Waals surface area (Å²) in [5.74, 6) is -0.659. The SMILES string of the molecule is Cc1ccc(NC(=O)CC(=O)NCc2ccccn2)cc1C. The van der Waals surface area contributed by atoms with Gasteiger partial charge in [-0.15, -0.1) is 0 Å². The Morgan fingerprint density at radius 1 is 1.05 bits per heavy atom. The molecular weight excluding hydrogens is 278 g/mol. The number of rotatable bonds is 5. The summed E-state index contributed by atoms with van der Waals surface area (Å²) in [6.07, 6.45) is 1.45. The summed E-state index contributed by atoms with van der Waals surface area (Å²) in [7, 11) is 0. The van der Waals surface area contributed by atoms with Crippen molar-refractivity contribution in [3.63, 3.8) is 0 Å². The third kappa shape index (κ3) is 4.70. The van der Waals surface area contributed by atoms with Crippen molar-refractivity contribution in [2.45, 2.75) is 26.8 Å². The van der Waals surface area contributed by atoms with Crippen LogP contribution >= 0.6 is 0 Å². The zero-order chi connectivity index (χ0) is 15.9. The van der Waals surface area contributed by atoms with E-state index in [0.717, 1.165) is 16.8 Å². The first kappa shape index (κ1) is 15.7. The molecule has 0 aliphatic rings. The molecule has 5 nitrogen and oxygen atoms in total. The number of nitrogens with zero attached hydrogens (tertiary/aromatic N) is 1. The summed E-state index contributed by atoms with van der Waals surface area (Å²) in [5.41, 5.74) is 3.71. The van der Waals surface area contributed by atoms with E-state index in [0.29, 0.717) is 12.2 Å². The second kappa shape index (κ2) is 7.36. The van der Waals surface area contributed by atoms with Crippen LogP contribution in [0.1, 0.15) is 23.2 Å². The highest BCUT2D eigenvalue weighted by Gasteiger charge is 2.10. The maximum atomic E-state index is 11.8. The highest BCUT2D eigenvalue weighted by Crippen LogP contribution is 2.14. The van der Waals surface area contributed by atoms with Crippen molar-refractivity contribution in [2.24, 2.45) is 0 Å². The minimum absolute atomic E-state index is 0.209. The molecule has 0 saturated carbocycles. The van der Waals surface area contributed by atoms with E-state index in [1.807, 2.05) is 50.2 Å². The van der Waals surface area contributed by atoms with E-state index in [2.05, 4.69) is 15.6 Å². The van der Waals surface area contributed by atoms with E-state index in [1.54, 1.807) is 6.20 Å². The Morgan fingerprint density at radius 2 is 1.86 bits per heavy atom. The van der Waals surface area contributed by atoms with Crippen molar-refractivity contribution in [2.75, 3.05) is 5.32 Å². The fraction of sp³-hybridized carbons (Fsp3) is 0.235. The molecule has 0 saturated heterocycles. The second-order valence-electron chi connectivity index (χ2n) is 5.12.